The van der Waals surface area contributed by atoms with E-state index in [0.29, 0.717) is 17.2 Å². The van der Waals surface area contributed by atoms with Crippen molar-refractivity contribution in [2.45, 2.75) is 38.7 Å². The molecule has 1 fully saturated rings. The Kier molecular flexibility index (Phi) is 6.94. The van der Waals surface area contributed by atoms with Gasteiger partial charge in [-0.1, -0.05) is 19.8 Å². The summed E-state index contributed by atoms with van der Waals surface area (Å²) in [7, 11) is 0. The van der Waals surface area contributed by atoms with Crippen LogP contribution in [0.5, 0.6) is 0 Å². The summed E-state index contributed by atoms with van der Waals surface area (Å²) >= 11 is 0. The third-order valence-electron chi connectivity index (χ3n) is 4.29. The molecule has 3 N–H and O–H groups in total. The fraction of sp³-hybridized carbons (Fsp3) is 0.500. The molecular weight excluding hydrogens is 324 g/mol. The van der Waals surface area contributed by atoms with Crippen molar-refractivity contribution in [3.8, 4) is 0 Å². The number of rotatable bonds is 7. The van der Waals surface area contributed by atoms with E-state index in [2.05, 4.69) is 17.6 Å². The summed E-state index contributed by atoms with van der Waals surface area (Å²) in [5.41, 5.74) is 0.881. The number of aliphatic carboxylic acids is 1. The summed E-state index contributed by atoms with van der Waals surface area (Å²) in [4.78, 5) is 34.1. The molecule has 0 heterocycles. The number of benzene rings is 1. The molecule has 0 spiro atoms. The minimum absolute atomic E-state index is 0.00978. The predicted molar refractivity (Wildman–Crippen MR) is 92.4 cm³/mol. The monoisotopic (exact) mass is 348 g/mol. The standard InChI is InChI=1S/C18H24N2O5/c1-12-4-2-3-5-15(12)25-11-16(21)20-14-8-6-13(7-9-14)18(24)19-10-17(22)23/h6-9,12,15H,2-5,10-11H2,1H3,(H,19,24)(H,20,21)(H,22,23)/t12-,15+/m0/s1. The van der Waals surface area contributed by atoms with E-state index in [1.807, 2.05) is 0 Å². The van der Waals surface area contributed by atoms with Gasteiger partial charge < -0.3 is 20.5 Å². The summed E-state index contributed by atoms with van der Waals surface area (Å²) in [5.74, 6) is -1.34. The third-order valence-corrected chi connectivity index (χ3v) is 4.29. The van der Waals surface area contributed by atoms with E-state index in [4.69, 9.17) is 9.84 Å². The summed E-state index contributed by atoms with van der Waals surface area (Å²) in [6.07, 6.45) is 4.63. The number of carbonyl (C=O) groups excluding carboxylic acids is 2. The molecule has 2 atom stereocenters. The molecule has 25 heavy (non-hydrogen) atoms. The van der Waals surface area contributed by atoms with Gasteiger partial charge in [-0.05, 0) is 43.0 Å². The van der Waals surface area contributed by atoms with Gasteiger partial charge in [0.15, 0.2) is 0 Å². The van der Waals surface area contributed by atoms with Crippen LogP contribution < -0.4 is 10.6 Å². The van der Waals surface area contributed by atoms with Crippen LogP contribution in [0.1, 0.15) is 43.0 Å². The second-order valence-electron chi connectivity index (χ2n) is 6.31. The average molecular weight is 348 g/mol. The molecule has 0 unspecified atom stereocenters. The van der Waals surface area contributed by atoms with Crippen LogP contribution in [0.25, 0.3) is 0 Å². The Labute approximate surface area is 146 Å². The van der Waals surface area contributed by atoms with Crippen molar-refractivity contribution in [2.24, 2.45) is 5.92 Å². The Morgan fingerprint density at radius 3 is 2.48 bits per heavy atom. The van der Waals surface area contributed by atoms with E-state index in [-0.39, 0.29) is 18.6 Å². The lowest BCUT2D eigenvalue weighted by Crippen LogP contribution is -2.30. The van der Waals surface area contributed by atoms with Gasteiger partial charge in [0, 0.05) is 11.3 Å². The van der Waals surface area contributed by atoms with E-state index in [0.717, 1.165) is 19.3 Å². The Morgan fingerprint density at radius 2 is 1.84 bits per heavy atom. The molecule has 136 valence electrons. The van der Waals surface area contributed by atoms with E-state index in [1.54, 1.807) is 12.1 Å². The lowest BCUT2D eigenvalue weighted by atomic mass is 9.88. The number of carboxylic acid groups (broad SMARTS) is 1. The maximum absolute atomic E-state index is 12.0. The highest BCUT2D eigenvalue weighted by Gasteiger charge is 2.22. The Balaban J connectivity index is 1.78. The van der Waals surface area contributed by atoms with Crippen molar-refractivity contribution in [1.82, 2.24) is 5.32 Å². The number of ether oxygens (including phenoxy) is 1. The van der Waals surface area contributed by atoms with Crippen molar-refractivity contribution in [3.63, 3.8) is 0 Å². The van der Waals surface area contributed by atoms with Gasteiger partial charge in [-0.3, -0.25) is 14.4 Å². The molecule has 1 aliphatic carbocycles. The predicted octanol–water partition coefficient (Wildman–Crippen LogP) is 2.03. The molecule has 0 radical (unpaired) electrons. The normalized spacial score (nSPS) is 19.9. The molecule has 0 saturated heterocycles. The van der Waals surface area contributed by atoms with E-state index in [1.165, 1.54) is 18.6 Å². The zero-order valence-electron chi connectivity index (χ0n) is 14.3. The molecular formula is C18H24N2O5. The van der Waals surface area contributed by atoms with Crippen molar-refractivity contribution < 1.29 is 24.2 Å². The highest BCUT2D eigenvalue weighted by Crippen LogP contribution is 2.26. The van der Waals surface area contributed by atoms with Gasteiger partial charge >= 0.3 is 5.97 Å². The average Bonchev–Trinajstić information content (AvgIpc) is 2.59. The second kappa shape index (κ2) is 9.17. The molecule has 1 aromatic rings. The lowest BCUT2D eigenvalue weighted by molar-refractivity contribution is -0.135. The first-order chi connectivity index (χ1) is 12.0. The zero-order chi connectivity index (χ0) is 18.2. The highest BCUT2D eigenvalue weighted by atomic mass is 16.5. The van der Waals surface area contributed by atoms with E-state index in [9.17, 15) is 14.4 Å². The van der Waals surface area contributed by atoms with Crippen molar-refractivity contribution in [2.75, 3.05) is 18.5 Å². The van der Waals surface area contributed by atoms with Gasteiger partial charge in [0.2, 0.25) is 5.91 Å². The SMILES string of the molecule is C[C@H]1CCCC[C@H]1OCC(=O)Nc1ccc(C(=O)NCC(=O)O)cc1. The van der Waals surface area contributed by atoms with Crippen LogP contribution in [0.15, 0.2) is 24.3 Å². The molecule has 1 saturated carbocycles. The van der Waals surface area contributed by atoms with Crippen molar-refractivity contribution in [1.29, 1.82) is 0 Å². The van der Waals surface area contributed by atoms with E-state index >= 15 is 0 Å². The van der Waals surface area contributed by atoms with Gasteiger partial charge in [-0.2, -0.15) is 0 Å². The topological polar surface area (TPSA) is 105 Å². The number of amides is 2. The minimum Gasteiger partial charge on any atom is -0.480 e. The summed E-state index contributed by atoms with van der Waals surface area (Å²) in [6.45, 7) is 1.72. The van der Waals surface area contributed by atoms with Gasteiger partial charge in [0.05, 0.1) is 6.10 Å². The summed E-state index contributed by atoms with van der Waals surface area (Å²) < 4.78 is 5.71. The van der Waals surface area contributed by atoms with Gasteiger partial charge in [0.1, 0.15) is 13.2 Å². The van der Waals surface area contributed by atoms with Crippen LogP contribution in [0.3, 0.4) is 0 Å². The fourth-order valence-corrected chi connectivity index (χ4v) is 2.87. The largest absolute Gasteiger partial charge is 0.480 e. The van der Waals surface area contributed by atoms with Crippen LogP contribution in [0, 0.1) is 5.92 Å². The smallest absolute Gasteiger partial charge is 0.322 e. The Hall–Kier alpha value is -2.41. The summed E-state index contributed by atoms with van der Waals surface area (Å²) in [5, 5.41) is 13.5. The highest BCUT2D eigenvalue weighted by molar-refractivity contribution is 5.97. The Bertz CT molecular complexity index is 614. The lowest BCUT2D eigenvalue weighted by Gasteiger charge is -2.28. The number of hydrogen-bond donors (Lipinski definition) is 3. The van der Waals surface area contributed by atoms with Crippen LogP contribution in [-0.2, 0) is 14.3 Å². The van der Waals surface area contributed by atoms with Crippen molar-refractivity contribution in [3.05, 3.63) is 29.8 Å². The molecule has 0 aromatic heterocycles. The van der Waals surface area contributed by atoms with Gasteiger partial charge in [-0.25, -0.2) is 0 Å². The molecule has 1 aromatic carbocycles. The first-order valence-electron chi connectivity index (χ1n) is 8.47. The van der Waals surface area contributed by atoms with Crippen LogP contribution >= 0.6 is 0 Å². The molecule has 0 aliphatic heterocycles. The summed E-state index contributed by atoms with van der Waals surface area (Å²) in [6, 6.07) is 6.24. The zero-order valence-corrected chi connectivity index (χ0v) is 14.3. The van der Waals surface area contributed by atoms with Crippen LogP contribution in [-0.4, -0.2) is 42.1 Å². The molecule has 1 aliphatic rings. The molecule has 0 bridgehead atoms. The fourth-order valence-electron chi connectivity index (χ4n) is 2.87. The third kappa shape index (κ3) is 6.19. The quantitative estimate of drug-likeness (QED) is 0.699. The van der Waals surface area contributed by atoms with E-state index < -0.39 is 18.4 Å². The number of carbonyl (C=O) groups is 3. The van der Waals surface area contributed by atoms with Gasteiger partial charge in [0.25, 0.3) is 5.91 Å². The molecule has 2 rings (SSSR count). The van der Waals surface area contributed by atoms with Crippen LogP contribution in [0.4, 0.5) is 5.69 Å². The van der Waals surface area contributed by atoms with Gasteiger partial charge in [-0.15, -0.1) is 0 Å². The molecule has 7 nitrogen and oxygen atoms in total. The maximum atomic E-state index is 12.0. The number of carboxylic acids is 1. The number of nitrogens with one attached hydrogen (secondary N) is 2. The Morgan fingerprint density at radius 1 is 1.16 bits per heavy atom. The number of hydrogen-bond acceptors (Lipinski definition) is 4. The first-order valence-corrected chi connectivity index (χ1v) is 8.47. The molecule has 2 amide bonds. The minimum atomic E-state index is -1.11. The first kappa shape index (κ1) is 18.9. The van der Waals surface area contributed by atoms with Crippen molar-refractivity contribution >= 4 is 23.5 Å². The van der Waals surface area contributed by atoms with Crippen LogP contribution in [0.2, 0.25) is 0 Å². The second-order valence-corrected chi connectivity index (χ2v) is 6.31. The molecule has 7 heteroatoms. The number of anilines is 1. The maximum Gasteiger partial charge on any atom is 0.322 e.